The highest BCUT2D eigenvalue weighted by molar-refractivity contribution is 5.86. The molecular formula is C29H40O3. The second kappa shape index (κ2) is 12.7. The standard InChI is InChI=1S/C29H40O3/c1-22(2)27(23-14-8-6-9-15-23)25(30)18-12-20-32-21-13-19-26(31)28(29(3,4)5)24-16-10-7-11-17-24/h6-11,14-17,22,27-28H,12-13,18-21H2,1-5H3. The molecule has 3 nitrogen and oxygen atoms in total. The van der Waals surface area contributed by atoms with Crippen LogP contribution < -0.4 is 0 Å². The number of rotatable bonds is 13. The lowest BCUT2D eigenvalue weighted by Gasteiger charge is -2.30. The minimum absolute atomic E-state index is 0.0545. The zero-order chi connectivity index (χ0) is 23.6. The maximum atomic E-state index is 12.9. The number of hydrogen-bond acceptors (Lipinski definition) is 3. The van der Waals surface area contributed by atoms with Gasteiger partial charge in [-0.1, -0.05) is 95.3 Å². The summed E-state index contributed by atoms with van der Waals surface area (Å²) in [6.45, 7) is 11.7. The number of carbonyl (C=O) groups excluding carboxylic acids is 2. The van der Waals surface area contributed by atoms with Crippen molar-refractivity contribution in [3.05, 3.63) is 71.8 Å². The molecule has 2 rings (SSSR count). The Labute approximate surface area is 194 Å². The molecule has 32 heavy (non-hydrogen) atoms. The van der Waals surface area contributed by atoms with Crippen LogP contribution in [0.5, 0.6) is 0 Å². The Morgan fingerprint density at radius 3 is 1.69 bits per heavy atom. The van der Waals surface area contributed by atoms with Crippen molar-refractivity contribution in [2.45, 2.75) is 72.1 Å². The van der Waals surface area contributed by atoms with E-state index in [1.807, 2.05) is 60.7 Å². The number of benzene rings is 2. The summed E-state index contributed by atoms with van der Waals surface area (Å²) < 4.78 is 5.75. The summed E-state index contributed by atoms with van der Waals surface area (Å²) in [5.41, 5.74) is 2.06. The van der Waals surface area contributed by atoms with Crippen LogP contribution in [-0.2, 0) is 14.3 Å². The Hall–Kier alpha value is -2.26. The molecule has 2 aromatic carbocycles. The van der Waals surface area contributed by atoms with E-state index >= 15 is 0 Å². The zero-order valence-corrected chi connectivity index (χ0v) is 20.5. The van der Waals surface area contributed by atoms with E-state index in [1.165, 1.54) is 0 Å². The van der Waals surface area contributed by atoms with E-state index in [2.05, 4.69) is 34.6 Å². The number of hydrogen-bond donors (Lipinski definition) is 0. The van der Waals surface area contributed by atoms with Gasteiger partial charge >= 0.3 is 0 Å². The van der Waals surface area contributed by atoms with Crippen LogP contribution >= 0.6 is 0 Å². The van der Waals surface area contributed by atoms with Crippen LogP contribution in [0.4, 0.5) is 0 Å². The van der Waals surface area contributed by atoms with Crippen molar-refractivity contribution >= 4 is 11.6 Å². The minimum Gasteiger partial charge on any atom is -0.381 e. The zero-order valence-electron chi connectivity index (χ0n) is 20.5. The van der Waals surface area contributed by atoms with Gasteiger partial charge in [0.25, 0.3) is 0 Å². The van der Waals surface area contributed by atoms with Gasteiger partial charge in [0.2, 0.25) is 0 Å². The molecule has 2 aromatic rings. The van der Waals surface area contributed by atoms with Gasteiger partial charge in [0.15, 0.2) is 0 Å². The van der Waals surface area contributed by atoms with Crippen LogP contribution in [0.3, 0.4) is 0 Å². The fraction of sp³-hybridized carbons (Fsp3) is 0.517. The molecule has 0 N–H and O–H groups in total. The molecule has 2 atom stereocenters. The number of Topliss-reactive ketones (excluding diaryl/α,β-unsaturated/α-hetero) is 2. The van der Waals surface area contributed by atoms with E-state index in [0.717, 1.165) is 17.5 Å². The van der Waals surface area contributed by atoms with Crippen molar-refractivity contribution in [2.75, 3.05) is 13.2 Å². The molecule has 3 heteroatoms. The molecule has 0 saturated carbocycles. The molecule has 2 unspecified atom stereocenters. The summed E-state index contributed by atoms with van der Waals surface area (Å²) in [5.74, 6) is 0.664. The molecule has 0 fully saturated rings. The fourth-order valence-corrected chi connectivity index (χ4v) is 4.52. The topological polar surface area (TPSA) is 43.4 Å². The molecule has 0 spiro atoms. The van der Waals surface area contributed by atoms with Gasteiger partial charge < -0.3 is 4.74 Å². The Kier molecular flexibility index (Phi) is 10.3. The molecule has 0 radical (unpaired) electrons. The predicted molar refractivity (Wildman–Crippen MR) is 132 cm³/mol. The van der Waals surface area contributed by atoms with Crippen molar-refractivity contribution < 1.29 is 14.3 Å². The lowest BCUT2D eigenvalue weighted by molar-refractivity contribution is -0.123. The highest BCUT2D eigenvalue weighted by Gasteiger charge is 2.31. The van der Waals surface area contributed by atoms with Crippen LogP contribution in [0.1, 0.15) is 83.3 Å². The van der Waals surface area contributed by atoms with Crippen LogP contribution in [0.2, 0.25) is 0 Å². The largest absolute Gasteiger partial charge is 0.381 e. The summed E-state index contributed by atoms with van der Waals surface area (Å²) in [7, 11) is 0. The lowest BCUT2D eigenvalue weighted by atomic mass is 9.73. The van der Waals surface area contributed by atoms with Gasteiger partial charge in [-0.25, -0.2) is 0 Å². The van der Waals surface area contributed by atoms with Crippen LogP contribution in [0.25, 0.3) is 0 Å². The summed E-state index contributed by atoms with van der Waals surface area (Å²) in [4.78, 5) is 25.7. The third kappa shape index (κ3) is 8.02. The molecule has 174 valence electrons. The van der Waals surface area contributed by atoms with E-state index in [4.69, 9.17) is 4.74 Å². The maximum Gasteiger partial charge on any atom is 0.140 e. The highest BCUT2D eigenvalue weighted by Crippen LogP contribution is 2.36. The van der Waals surface area contributed by atoms with Crippen LogP contribution in [0.15, 0.2) is 60.7 Å². The van der Waals surface area contributed by atoms with E-state index < -0.39 is 0 Å². The Morgan fingerprint density at radius 2 is 1.22 bits per heavy atom. The number of ketones is 2. The highest BCUT2D eigenvalue weighted by atomic mass is 16.5. The molecule has 0 aliphatic heterocycles. The second-order valence-corrected chi connectivity index (χ2v) is 10.1. The third-order valence-electron chi connectivity index (χ3n) is 5.92. The molecule has 0 saturated heterocycles. The first-order chi connectivity index (χ1) is 15.2. The van der Waals surface area contributed by atoms with Crippen molar-refractivity contribution in [1.82, 2.24) is 0 Å². The first kappa shape index (κ1) is 26.0. The SMILES string of the molecule is CC(C)C(C(=O)CCCOCCCC(=O)C(c1ccccc1)C(C)(C)C)c1ccccc1. The van der Waals surface area contributed by atoms with Crippen molar-refractivity contribution in [2.24, 2.45) is 11.3 Å². The summed E-state index contributed by atoms with van der Waals surface area (Å²) in [6.07, 6.45) is 2.47. The van der Waals surface area contributed by atoms with Gasteiger partial charge in [-0.05, 0) is 35.3 Å². The van der Waals surface area contributed by atoms with Crippen molar-refractivity contribution in [1.29, 1.82) is 0 Å². The molecule has 0 bridgehead atoms. The quantitative estimate of drug-likeness (QED) is 0.318. The summed E-state index contributed by atoms with van der Waals surface area (Å²) >= 11 is 0. The van der Waals surface area contributed by atoms with Crippen molar-refractivity contribution in [3.8, 4) is 0 Å². The second-order valence-electron chi connectivity index (χ2n) is 10.1. The average Bonchev–Trinajstić information content (AvgIpc) is 2.73. The van der Waals surface area contributed by atoms with E-state index in [9.17, 15) is 9.59 Å². The lowest BCUT2D eigenvalue weighted by Crippen LogP contribution is -2.26. The molecule has 0 aliphatic carbocycles. The summed E-state index contributed by atoms with van der Waals surface area (Å²) in [6, 6.07) is 20.1. The molecular weight excluding hydrogens is 396 g/mol. The monoisotopic (exact) mass is 436 g/mol. The fourth-order valence-electron chi connectivity index (χ4n) is 4.52. The third-order valence-corrected chi connectivity index (χ3v) is 5.92. The molecule has 0 heterocycles. The van der Waals surface area contributed by atoms with Crippen molar-refractivity contribution in [3.63, 3.8) is 0 Å². The smallest absolute Gasteiger partial charge is 0.140 e. The molecule has 0 aromatic heterocycles. The first-order valence-corrected chi connectivity index (χ1v) is 11.9. The Balaban J connectivity index is 1.72. The van der Waals surface area contributed by atoms with Gasteiger partial charge in [0, 0.05) is 37.9 Å². The maximum absolute atomic E-state index is 12.9. The Bertz CT molecular complexity index is 818. The first-order valence-electron chi connectivity index (χ1n) is 11.9. The number of carbonyl (C=O) groups is 2. The van der Waals surface area contributed by atoms with E-state index in [1.54, 1.807) is 0 Å². The average molecular weight is 437 g/mol. The van der Waals surface area contributed by atoms with Gasteiger partial charge in [0.1, 0.15) is 11.6 Å². The predicted octanol–water partition coefficient (Wildman–Crippen LogP) is 6.97. The minimum atomic E-state index is -0.120. The van der Waals surface area contributed by atoms with Gasteiger partial charge in [0.05, 0.1) is 0 Å². The normalized spacial score (nSPS) is 13.7. The van der Waals surface area contributed by atoms with Crippen LogP contribution in [0, 0.1) is 11.3 Å². The number of ether oxygens (including phenoxy) is 1. The van der Waals surface area contributed by atoms with Gasteiger partial charge in [-0.3, -0.25) is 9.59 Å². The van der Waals surface area contributed by atoms with Crippen LogP contribution in [-0.4, -0.2) is 24.8 Å². The summed E-state index contributed by atoms with van der Waals surface area (Å²) in [5, 5.41) is 0. The molecule has 0 amide bonds. The van der Waals surface area contributed by atoms with E-state index in [-0.39, 0.29) is 34.7 Å². The van der Waals surface area contributed by atoms with E-state index in [0.29, 0.717) is 32.5 Å². The Morgan fingerprint density at radius 1 is 0.750 bits per heavy atom. The van der Waals surface area contributed by atoms with Gasteiger partial charge in [-0.15, -0.1) is 0 Å². The van der Waals surface area contributed by atoms with Gasteiger partial charge in [-0.2, -0.15) is 0 Å². The molecule has 0 aliphatic rings.